The molecule has 1 rings (SSSR count). The predicted molar refractivity (Wildman–Crippen MR) is 71.8 cm³/mol. The van der Waals surface area contributed by atoms with Gasteiger partial charge in [0.25, 0.3) is 0 Å². The Hall–Kier alpha value is -1.11. The van der Waals surface area contributed by atoms with Crippen molar-refractivity contribution < 1.29 is 13.5 Å². The summed E-state index contributed by atoms with van der Waals surface area (Å²) in [6.07, 6.45) is -0.198. The first-order chi connectivity index (χ1) is 8.29. The zero-order valence-corrected chi connectivity index (χ0v) is 11.7. The molecule has 6 heteroatoms. The van der Waals surface area contributed by atoms with Crippen molar-refractivity contribution in [1.82, 2.24) is 4.72 Å². The molecule has 0 aliphatic carbocycles. The molecule has 0 aromatic heterocycles. The van der Waals surface area contributed by atoms with E-state index in [0.29, 0.717) is 12.0 Å². The Bertz CT molecular complexity index is 526. The van der Waals surface area contributed by atoms with Crippen LogP contribution >= 0.6 is 0 Å². The van der Waals surface area contributed by atoms with Gasteiger partial charge in [-0.1, -0.05) is 19.1 Å². The maximum absolute atomic E-state index is 12.1. The van der Waals surface area contributed by atoms with Gasteiger partial charge in [0.05, 0.1) is 11.8 Å². The first-order valence-corrected chi connectivity index (χ1v) is 7.31. The molecule has 0 spiro atoms. The average Bonchev–Trinajstić information content (AvgIpc) is 2.31. The van der Waals surface area contributed by atoms with E-state index in [2.05, 4.69) is 4.72 Å². The third-order valence-electron chi connectivity index (χ3n) is 2.86. The van der Waals surface area contributed by atoms with E-state index in [1.54, 1.807) is 32.9 Å². The molecule has 5 nitrogen and oxygen atoms in total. The fourth-order valence-electron chi connectivity index (χ4n) is 1.59. The summed E-state index contributed by atoms with van der Waals surface area (Å²) in [6.45, 7) is 5.23. The Balaban J connectivity index is 3.09. The van der Waals surface area contributed by atoms with Gasteiger partial charge in [-0.2, -0.15) is 0 Å². The van der Waals surface area contributed by atoms with E-state index in [4.69, 9.17) is 5.73 Å². The summed E-state index contributed by atoms with van der Waals surface area (Å²) >= 11 is 0. The van der Waals surface area contributed by atoms with Crippen molar-refractivity contribution in [3.63, 3.8) is 0 Å². The van der Waals surface area contributed by atoms with Crippen molar-refractivity contribution in [3.8, 4) is 0 Å². The standard InChI is InChI=1S/C12H20N2O3S/c1-4-10(15)7-14-18(16,17)12-9(3)6-5-8(2)11(12)13/h5-6,10,14-15H,4,7,13H2,1-3H3. The van der Waals surface area contributed by atoms with Crippen LogP contribution in [-0.4, -0.2) is 26.2 Å². The van der Waals surface area contributed by atoms with Gasteiger partial charge in [-0.25, -0.2) is 13.1 Å². The molecule has 0 saturated carbocycles. The molecule has 4 N–H and O–H groups in total. The smallest absolute Gasteiger partial charge is 0.242 e. The topological polar surface area (TPSA) is 92.4 Å². The maximum atomic E-state index is 12.1. The number of aliphatic hydroxyl groups is 1. The average molecular weight is 272 g/mol. The highest BCUT2D eigenvalue weighted by Gasteiger charge is 2.21. The molecule has 0 amide bonds. The lowest BCUT2D eigenvalue weighted by molar-refractivity contribution is 0.174. The van der Waals surface area contributed by atoms with Gasteiger partial charge in [0, 0.05) is 6.54 Å². The minimum atomic E-state index is -3.68. The van der Waals surface area contributed by atoms with Crippen molar-refractivity contribution in [1.29, 1.82) is 0 Å². The van der Waals surface area contributed by atoms with Crippen LogP contribution in [-0.2, 0) is 10.0 Å². The van der Waals surface area contributed by atoms with Crippen molar-refractivity contribution in [2.24, 2.45) is 0 Å². The van der Waals surface area contributed by atoms with E-state index < -0.39 is 16.1 Å². The molecule has 0 fully saturated rings. The molecule has 0 aliphatic rings. The number of nitrogen functional groups attached to an aromatic ring is 1. The van der Waals surface area contributed by atoms with Crippen LogP contribution in [0, 0.1) is 13.8 Å². The zero-order chi connectivity index (χ0) is 13.9. The molecule has 0 heterocycles. The summed E-state index contributed by atoms with van der Waals surface area (Å²) < 4.78 is 26.7. The molecular weight excluding hydrogens is 252 g/mol. The Kier molecular flexibility index (Phi) is 4.72. The van der Waals surface area contributed by atoms with Crippen molar-refractivity contribution >= 4 is 15.7 Å². The van der Waals surface area contributed by atoms with E-state index in [1.807, 2.05) is 0 Å². The van der Waals surface area contributed by atoms with E-state index in [0.717, 1.165) is 5.56 Å². The summed E-state index contributed by atoms with van der Waals surface area (Å²) in [7, 11) is -3.68. The molecule has 1 unspecified atom stereocenters. The van der Waals surface area contributed by atoms with Crippen LogP contribution in [0.2, 0.25) is 0 Å². The lowest BCUT2D eigenvalue weighted by atomic mass is 10.1. The highest BCUT2D eigenvalue weighted by Crippen LogP contribution is 2.25. The molecule has 0 radical (unpaired) electrons. The van der Waals surface area contributed by atoms with Gasteiger partial charge >= 0.3 is 0 Å². The number of sulfonamides is 1. The Morgan fingerprint density at radius 3 is 2.44 bits per heavy atom. The number of anilines is 1. The number of aryl methyl sites for hydroxylation is 2. The molecule has 0 aliphatic heterocycles. The SMILES string of the molecule is CCC(O)CNS(=O)(=O)c1c(C)ccc(C)c1N. The first kappa shape index (κ1) is 14.9. The van der Waals surface area contributed by atoms with Crippen molar-refractivity contribution in [2.75, 3.05) is 12.3 Å². The third-order valence-corrected chi connectivity index (χ3v) is 4.49. The predicted octanol–water partition coefficient (Wildman–Crippen LogP) is 0.935. The van der Waals surface area contributed by atoms with E-state index >= 15 is 0 Å². The maximum Gasteiger partial charge on any atom is 0.242 e. The number of hydrogen-bond acceptors (Lipinski definition) is 4. The summed E-state index contributed by atoms with van der Waals surface area (Å²) in [5, 5.41) is 9.40. The van der Waals surface area contributed by atoms with Gasteiger partial charge in [0.15, 0.2) is 0 Å². The van der Waals surface area contributed by atoms with Crippen molar-refractivity contribution in [2.45, 2.75) is 38.2 Å². The second-order valence-electron chi connectivity index (χ2n) is 4.36. The van der Waals surface area contributed by atoms with Crippen LogP contribution in [0.15, 0.2) is 17.0 Å². The van der Waals surface area contributed by atoms with Gasteiger partial charge in [-0.3, -0.25) is 0 Å². The highest BCUT2D eigenvalue weighted by atomic mass is 32.2. The fourth-order valence-corrected chi connectivity index (χ4v) is 3.08. The van der Waals surface area contributed by atoms with Crippen molar-refractivity contribution in [3.05, 3.63) is 23.3 Å². The number of hydrogen-bond donors (Lipinski definition) is 3. The number of aliphatic hydroxyl groups excluding tert-OH is 1. The van der Waals surface area contributed by atoms with Crippen LogP contribution in [0.3, 0.4) is 0 Å². The number of nitrogens with one attached hydrogen (secondary N) is 1. The molecule has 0 bridgehead atoms. The summed E-state index contributed by atoms with van der Waals surface area (Å²) in [6, 6.07) is 3.50. The largest absolute Gasteiger partial charge is 0.397 e. The monoisotopic (exact) mass is 272 g/mol. The Labute approximate surface area is 108 Å². The van der Waals surface area contributed by atoms with Crippen LogP contribution < -0.4 is 10.5 Å². The minimum absolute atomic E-state index is 0.00828. The van der Waals surface area contributed by atoms with Gasteiger partial charge in [-0.05, 0) is 31.4 Å². The van der Waals surface area contributed by atoms with E-state index in [-0.39, 0.29) is 17.1 Å². The lowest BCUT2D eigenvalue weighted by Gasteiger charge is -2.15. The number of nitrogens with two attached hydrogens (primary N) is 1. The van der Waals surface area contributed by atoms with Gasteiger partial charge in [0.1, 0.15) is 4.90 Å². The Morgan fingerprint density at radius 2 is 1.89 bits per heavy atom. The number of benzene rings is 1. The quantitative estimate of drug-likeness (QED) is 0.695. The third kappa shape index (κ3) is 3.22. The zero-order valence-electron chi connectivity index (χ0n) is 10.9. The Morgan fingerprint density at radius 1 is 1.33 bits per heavy atom. The molecule has 18 heavy (non-hydrogen) atoms. The summed E-state index contributed by atoms with van der Waals surface area (Å²) in [5.74, 6) is 0. The van der Waals surface area contributed by atoms with Gasteiger partial charge in [0.2, 0.25) is 10.0 Å². The van der Waals surface area contributed by atoms with Crippen LogP contribution in [0.25, 0.3) is 0 Å². The molecular formula is C12H20N2O3S. The molecule has 102 valence electrons. The molecule has 1 aromatic carbocycles. The lowest BCUT2D eigenvalue weighted by Crippen LogP contribution is -2.32. The summed E-state index contributed by atoms with van der Waals surface area (Å²) in [4.78, 5) is 0.103. The first-order valence-electron chi connectivity index (χ1n) is 5.83. The second kappa shape index (κ2) is 5.69. The van der Waals surface area contributed by atoms with Crippen LogP contribution in [0.4, 0.5) is 5.69 Å². The highest BCUT2D eigenvalue weighted by molar-refractivity contribution is 7.89. The fraction of sp³-hybridized carbons (Fsp3) is 0.500. The molecule has 1 aromatic rings. The van der Waals surface area contributed by atoms with Crippen LogP contribution in [0.1, 0.15) is 24.5 Å². The molecule has 1 atom stereocenters. The molecule has 0 saturated heterocycles. The second-order valence-corrected chi connectivity index (χ2v) is 6.06. The minimum Gasteiger partial charge on any atom is -0.397 e. The normalized spacial score (nSPS) is 13.6. The van der Waals surface area contributed by atoms with Gasteiger partial charge < -0.3 is 10.8 Å². The van der Waals surface area contributed by atoms with Crippen LogP contribution in [0.5, 0.6) is 0 Å². The van der Waals surface area contributed by atoms with E-state index in [9.17, 15) is 13.5 Å². The van der Waals surface area contributed by atoms with Gasteiger partial charge in [-0.15, -0.1) is 0 Å². The summed E-state index contributed by atoms with van der Waals surface area (Å²) in [5.41, 5.74) is 7.40. The van der Waals surface area contributed by atoms with E-state index in [1.165, 1.54) is 0 Å². The number of rotatable bonds is 5.